The van der Waals surface area contributed by atoms with Gasteiger partial charge in [0.15, 0.2) is 0 Å². The maximum Gasteiger partial charge on any atom is 0.320 e. The standard InChI is InChI=1S/C20H21Cl2N5O3/c21-13-1-2-17(14(22)5-13)27-8-15(23-11-27)12-6-26(7-12)20(29)25-4-3-18-16(9-25)24-19(28)10-30-18/h1-2,5,8,11-12,16,18H,3-4,6-7,9-10H2,(H,24,28)/t16-,18+/m1/s1. The average molecular weight is 450 g/mol. The van der Waals surface area contributed by atoms with E-state index in [2.05, 4.69) is 10.3 Å². The molecule has 0 radical (unpaired) electrons. The van der Waals surface area contributed by atoms with Crippen molar-refractivity contribution in [3.8, 4) is 5.69 Å². The highest BCUT2D eigenvalue weighted by atomic mass is 35.5. The number of piperidine rings is 1. The SMILES string of the molecule is O=C1CO[C@H]2CCN(C(=O)N3CC(c4cn(-c5ccc(Cl)cc5Cl)cn4)C3)C[C@H]2N1. The molecule has 8 nitrogen and oxygen atoms in total. The Kier molecular flexibility index (Phi) is 5.08. The van der Waals surface area contributed by atoms with Gasteiger partial charge in [-0.1, -0.05) is 23.2 Å². The third-order valence-electron chi connectivity index (χ3n) is 5.96. The lowest BCUT2D eigenvalue weighted by molar-refractivity contribution is -0.139. The number of imidazole rings is 1. The molecule has 0 saturated carbocycles. The topological polar surface area (TPSA) is 79.7 Å². The number of fused-ring (bicyclic) bond motifs is 1. The lowest BCUT2D eigenvalue weighted by Gasteiger charge is -2.45. The fourth-order valence-corrected chi connectivity index (χ4v) is 4.77. The van der Waals surface area contributed by atoms with Gasteiger partial charge in [-0.2, -0.15) is 0 Å². The Balaban J connectivity index is 1.19. The van der Waals surface area contributed by atoms with Crippen molar-refractivity contribution < 1.29 is 14.3 Å². The molecule has 3 saturated heterocycles. The number of carbonyl (C=O) groups excluding carboxylic acids is 2. The second-order valence-electron chi connectivity index (χ2n) is 7.94. The number of hydrogen-bond donors (Lipinski definition) is 1. The molecular weight excluding hydrogens is 429 g/mol. The second kappa shape index (κ2) is 7.76. The highest BCUT2D eigenvalue weighted by molar-refractivity contribution is 6.35. The molecule has 1 N–H and O–H groups in total. The fourth-order valence-electron chi connectivity index (χ4n) is 4.27. The fraction of sp³-hybridized carbons (Fsp3) is 0.450. The largest absolute Gasteiger partial charge is 0.366 e. The molecule has 3 aliphatic rings. The number of nitrogens with zero attached hydrogens (tertiary/aromatic N) is 4. The first-order valence-corrected chi connectivity index (χ1v) is 10.7. The maximum absolute atomic E-state index is 12.9. The predicted molar refractivity (Wildman–Crippen MR) is 111 cm³/mol. The van der Waals surface area contributed by atoms with Gasteiger partial charge in [-0.25, -0.2) is 9.78 Å². The molecule has 2 atom stereocenters. The van der Waals surface area contributed by atoms with Crippen molar-refractivity contribution >= 4 is 35.1 Å². The van der Waals surface area contributed by atoms with Gasteiger partial charge in [-0.3, -0.25) is 4.79 Å². The summed E-state index contributed by atoms with van der Waals surface area (Å²) in [7, 11) is 0. The normalized spacial score (nSPS) is 24.3. The van der Waals surface area contributed by atoms with Crippen LogP contribution in [0.25, 0.3) is 5.69 Å². The number of nitrogens with one attached hydrogen (secondary N) is 1. The molecule has 0 spiro atoms. The summed E-state index contributed by atoms with van der Waals surface area (Å²) < 4.78 is 7.43. The van der Waals surface area contributed by atoms with E-state index in [1.165, 1.54) is 0 Å². The van der Waals surface area contributed by atoms with Gasteiger partial charge in [0.25, 0.3) is 0 Å². The van der Waals surface area contributed by atoms with E-state index in [1.807, 2.05) is 21.7 Å². The molecule has 2 aromatic rings. The number of morpholine rings is 1. The number of hydrogen-bond acceptors (Lipinski definition) is 4. The van der Waals surface area contributed by atoms with E-state index < -0.39 is 0 Å². The highest BCUT2D eigenvalue weighted by Crippen LogP contribution is 2.30. The Bertz CT molecular complexity index is 991. The van der Waals surface area contributed by atoms with Gasteiger partial charge >= 0.3 is 6.03 Å². The van der Waals surface area contributed by atoms with Crippen LogP contribution in [0.4, 0.5) is 4.79 Å². The van der Waals surface area contributed by atoms with Gasteiger partial charge in [-0.05, 0) is 24.6 Å². The van der Waals surface area contributed by atoms with Crippen LogP contribution in [0.15, 0.2) is 30.7 Å². The number of halogens is 2. The van der Waals surface area contributed by atoms with Gasteiger partial charge in [0.2, 0.25) is 5.91 Å². The zero-order valence-corrected chi connectivity index (χ0v) is 17.6. The summed E-state index contributed by atoms with van der Waals surface area (Å²) in [5.41, 5.74) is 1.74. The molecule has 3 fully saturated rings. The molecule has 30 heavy (non-hydrogen) atoms. The summed E-state index contributed by atoms with van der Waals surface area (Å²) in [6.07, 6.45) is 4.41. The van der Waals surface area contributed by atoms with E-state index in [-0.39, 0.29) is 36.6 Å². The quantitative estimate of drug-likeness (QED) is 0.762. The Morgan fingerprint density at radius 3 is 2.83 bits per heavy atom. The van der Waals surface area contributed by atoms with E-state index in [1.54, 1.807) is 23.4 Å². The van der Waals surface area contributed by atoms with Crippen LogP contribution in [0.5, 0.6) is 0 Å². The predicted octanol–water partition coefficient (Wildman–Crippen LogP) is 2.29. The molecule has 1 aromatic carbocycles. The minimum atomic E-state index is -0.124. The minimum Gasteiger partial charge on any atom is -0.366 e. The van der Waals surface area contributed by atoms with Crippen molar-refractivity contribution in [2.75, 3.05) is 32.8 Å². The summed E-state index contributed by atoms with van der Waals surface area (Å²) in [5.74, 6) is 0.0717. The van der Waals surface area contributed by atoms with Crippen molar-refractivity contribution in [3.05, 3.63) is 46.5 Å². The summed E-state index contributed by atoms with van der Waals surface area (Å²) >= 11 is 12.3. The summed E-state index contributed by atoms with van der Waals surface area (Å²) in [6.45, 7) is 2.48. The second-order valence-corrected chi connectivity index (χ2v) is 8.79. The van der Waals surface area contributed by atoms with Crippen LogP contribution in [-0.4, -0.2) is 76.2 Å². The maximum atomic E-state index is 12.9. The Labute approximate surface area is 183 Å². The molecule has 5 rings (SSSR count). The van der Waals surface area contributed by atoms with Crippen LogP contribution >= 0.6 is 23.2 Å². The number of likely N-dealkylation sites (tertiary alicyclic amines) is 2. The molecule has 0 aliphatic carbocycles. The van der Waals surface area contributed by atoms with E-state index >= 15 is 0 Å². The van der Waals surface area contributed by atoms with Crippen LogP contribution in [0, 0.1) is 0 Å². The Morgan fingerprint density at radius 2 is 2.03 bits per heavy atom. The van der Waals surface area contributed by atoms with Crippen LogP contribution in [0.2, 0.25) is 10.0 Å². The highest BCUT2D eigenvalue weighted by Gasteiger charge is 2.40. The molecular formula is C20H21Cl2N5O3. The van der Waals surface area contributed by atoms with Crippen LogP contribution in [0.3, 0.4) is 0 Å². The molecule has 4 heterocycles. The average Bonchev–Trinajstić information content (AvgIpc) is 3.15. The Morgan fingerprint density at radius 1 is 1.20 bits per heavy atom. The lowest BCUT2D eigenvalue weighted by Crippen LogP contribution is -2.63. The number of rotatable bonds is 2. The zero-order valence-electron chi connectivity index (χ0n) is 16.1. The van der Waals surface area contributed by atoms with Crippen molar-refractivity contribution in [2.24, 2.45) is 0 Å². The van der Waals surface area contributed by atoms with Gasteiger partial charge in [-0.15, -0.1) is 0 Å². The monoisotopic (exact) mass is 449 g/mol. The van der Waals surface area contributed by atoms with Crippen molar-refractivity contribution in [1.82, 2.24) is 24.7 Å². The summed E-state index contributed by atoms with van der Waals surface area (Å²) in [4.78, 5) is 32.6. The number of urea groups is 1. The number of amides is 3. The van der Waals surface area contributed by atoms with E-state index in [0.717, 1.165) is 17.8 Å². The number of benzene rings is 1. The molecule has 3 amide bonds. The van der Waals surface area contributed by atoms with Crippen molar-refractivity contribution in [3.63, 3.8) is 0 Å². The molecule has 1 aromatic heterocycles. The summed E-state index contributed by atoms with van der Waals surface area (Å²) in [6, 6.07) is 5.22. The van der Waals surface area contributed by atoms with Gasteiger partial charge in [0, 0.05) is 43.3 Å². The first kappa shape index (κ1) is 19.7. The molecule has 0 bridgehead atoms. The smallest absolute Gasteiger partial charge is 0.320 e. The molecule has 10 heteroatoms. The first-order chi connectivity index (χ1) is 14.5. The van der Waals surface area contributed by atoms with Gasteiger partial charge in [0.1, 0.15) is 6.61 Å². The van der Waals surface area contributed by atoms with Gasteiger partial charge < -0.3 is 24.4 Å². The van der Waals surface area contributed by atoms with Crippen LogP contribution in [0.1, 0.15) is 18.0 Å². The third-order valence-corrected chi connectivity index (χ3v) is 6.49. The molecule has 3 aliphatic heterocycles. The lowest BCUT2D eigenvalue weighted by atomic mass is 9.96. The third kappa shape index (κ3) is 3.64. The van der Waals surface area contributed by atoms with Crippen molar-refractivity contribution in [1.29, 1.82) is 0 Å². The molecule has 158 valence electrons. The number of aromatic nitrogens is 2. The number of ether oxygens (including phenoxy) is 1. The minimum absolute atomic E-state index is 0.000421. The number of carbonyl (C=O) groups is 2. The molecule has 0 unspecified atom stereocenters. The van der Waals surface area contributed by atoms with Crippen LogP contribution in [-0.2, 0) is 9.53 Å². The summed E-state index contributed by atoms with van der Waals surface area (Å²) in [5, 5.41) is 4.07. The first-order valence-electron chi connectivity index (χ1n) is 9.92. The van der Waals surface area contributed by atoms with E-state index in [0.29, 0.717) is 36.2 Å². The Hall–Kier alpha value is -2.29. The zero-order chi connectivity index (χ0) is 20.8. The van der Waals surface area contributed by atoms with Gasteiger partial charge in [0.05, 0.1) is 34.9 Å². The van der Waals surface area contributed by atoms with E-state index in [4.69, 9.17) is 27.9 Å². The van der Waals surface area contributed by atoms with Crippen LogP contribution < -0.4 is 5.32 Å². The van der Waals surface area contributed by atoms with E-state index in [9.17, 15) is 9.59 Å². The van der Waals surface area contributed by atoms with Crippen molar-refractivity contribution in [2.45, 2.75) is 24.5 Å².